The van der Waals surface area contributed by atoms with Gasteiger partial charge in [-0.3, -0.25) is 0 Å². The third-order valence-corrected chi connectivity index (χ3v) is 4.06. The number of likely N-dealkylation sites (tertiary alicyclic amines) is 1. The fraction of sp³-hybridized carbons (Fsp3) is 0.562. The molecule has 21 heavy (non-hydrogen) atoms. The van der Waals surface area contributed by atoms with Crippen molar-refractivity contribution in [3.05, 3.63) is 35.6 Å². The van der Waals surface area contributed by atoms with Crippen molar-refractivity contribution in [2.75, 3.05) is 13.1 Å². The van der Waals surface area contributed by atoms with Gasteiger partial charge in [0.2, 0.25) is 0 Å². The number of aliphatic hydroxyl groups excluding tert-OH is 1. The molecule has 2 N–H and O–H groups in total. The van der Waals surface area contributed by atoms with E-state index in [-0.39, 0.29) is 23.8 Å². The van der Waals surface area contributed by atoms with Gasteiger partial charge in [0.1, 0.15) is 5.82 Å². The summed E-state index contributed by atoms with van der Waals surface area (Å²) in [5.74, 6) is -0.0225. The zero-order valence-corrected chi connectivity index (χ0v) is 12.6. The largest absolute Gasteiger partial charge is 0.391 e. The Labute approximate surface area is 125 Å². The molecular weight excluding hydrogens is 271 g/mol. The van der Waals surface area contributed by atoms with Crippen molar-refractivity contribution in [1.29, 1.82) is 0 Å². The molecule has 0 spiro atoms. The van der Waals surface area contributed by atoms with E-state index in [2.05, 4.69) is 5.32 Å². The highest BCUT2D eigenvalue weighted by Gasteiger charge is 2.27. The van der Waals surface area contributed by atoms with E-state index in [1.54, 1.807) is 23.1 Å². The second-order valence-electron chi connectivity index (χ2n) is 5.93. The molecule has 5 heteroatoms. The highest BCUT2D eigenvalue weighted by Crippen LogP contribution is 2.17. The number of nitrogens with one attached hydrogen (secondary N) is 1. The zero-order chi connectivity index (χ0) is 15.4. The van der Waals surface area contributed by atoms with Gasteiger partial charge in [-0.05, 0) is 37.3 Å². The number of hydrogen-bond acceptors (Lipinski definition) is 2. The first-order chi connectivity index (χ1) is 9.97. The van der Waals surface area contributed by atoms with Gasteiger partial charge in [-0.2, -0.15) is 0 Å². The summed E-state index contributed by atoms with van der Waals surface area (Å²) >= 11 is 0. The maximum Gasteiger partial charge on any atom is 0.317 e. The smallest absolute Gasteiger partial charge is 0.317 e. The van der Waals surface area contributed by atoms with Crippen molar-refractivity contribution in [2.45, 2.75) is 38.8 Å². The lowest BCUT2D eigenvalue weighted by Gasteiger charge is -2.34. The van der Waals surface area contributed by atoms with Crippen LogP contribution in [-0.2, 0) is 6.42 Å². The van der Waals surface area contributed by atoms with Crippen LogP contribution in [0.1, 0.15) is 25.8 Å². The lowest BCUT2D eigenvalue weighted by Crippen LogP contribution is -2.51. The Balaban J connectivity index is 1.86. The first kappa shape index (κ1) is 15.8. The third kappa shape index (κ3) is 4.17. The Bertz CT molecular complexity index is 495. The summed E-state index contributed by atoms with van der Waals surface area (Å²) in [7, 11) is 0. The number of urea groups is 1. The van der Waals surface area contributed by atoms with Crippen LogP contribution in [-0.4, -0.2) is 41.3 Å². The van der Waals surface area contributed by atoms with Crippen molar-refractivity contribution >= 4 is 6.03 Å². The van der Waals surface area contributed by atoms with E-state index in [1.165, 1.54) is 6.07 Å². The number of rotatable bonds is 3. The molecule has 1 aliphatic rings. The highest BCUT2D eigenvalue weighted by molar-refractivity contribution is 5.74. The number of nitrogens with zero attached hydrogens (tertiary/aromatic N) is 1. The van der Waals surface area contributed by atoms with Crippen LogP contribution < -0.4 is 5.32 Å². The van der Waals surface area contributed by atoms with Gasteiger partial charge in [-0.1, -0.05) is 25.1 Å². The van der Waals surface area contributed by atoms with Crippen molar-refractivity contribution in [2.24, 2.45) is 5.92 Å². The number of benzene rings is 1. The highest BCUT2D eigenvalue weighted by atomic mass is 19.1. The summed E-state index contributed by atoms with van der Waals surface area (Å²) in [6.45, 7) is 4.85. The fourth-order valence-corrected chi connectivity index (χ4v) is 2.58. The normalized spacial score (nSPS) is 23.7. The quantitative estimate of drug-likeness (QED) is 0.897. The molecule has 1 fully saturated rings. The number of hydrogen-bond donors (Lipinski definition) is 2. The number of amides is 2. The van der Waals surface area contributed by atoms with E-state index in [0.29, 0.717) is 25.1 Å². The molecule has 2 amide bonds. The Morgan fingerprint density at radius 3 is 2.90 bits per heavy atom. The van der Waals surface area contributed by atoms with E-state index >= 15 is 0 Å². The van der Waals surface area contributed by atoms with Crippen LogP contribution in [0.25, 0.3) is 0 Å². The average molecular weight is 294 g/mol. The van der Waals surface area contributed by atoms with Crippen LogP contribution in [0.5, 0.6) is 0 Å². The van der Waals surface area contributed by atoms with E-state index in [4.69, 9.17) is 0 Å². The summed E-state index contributed by atoms with van der Waals surface area (Å²) < 4.78 is 13.6. The van der Waals surface area contributed by atoms with E-state index in [0.717, 1.165) is 6.42 Å². The van der Waals surface area contributed by atoms with Crippen molar-refractivity contribution in [3.8, 4) is 0 Å². The molecule has 0 radical (unpaired) electrons. The van der Waals surface area contributed by atoms with Crippen LogP contribution in [0.15, 0.2) is 24.3 Å². The van der Waals surface area contributed by atoms with Crippen LogP contribution >= 0.6 is 0 Å². The second kappa shape index (κ2) is 6.89. The monoisotopic (exact) mass is 294 g/mol. The maximum absolute atomic E-state index is 13.6. The van der Waals surface area contributed by atoms with Crippen LogP contribution in [0, 0.1) is 11.7 Å². The number of halogens is 1. The molecule has 1 heterocycles. The predicted molar refractivity (Wildman–Crippen MR) is 79.5 cm³/mol. The predicted octanol–water partition coefficient (Wildman–Crippen LogP) is 2.17. The van der Waals surface area contributed by atoms with Gasteiger partial charge in [-0.25, -0.2) is 9.18 Å². The Morgan fingerprint density at radius 2 is 2.24 bits per heavy atom. The standard InChI is InChI=1S/C16H23FN2O2/c1-11-7-8-19(10-15(11)20)16(21)18-12(2)9-13-5-3-4-6-14(13)17/h3-6,11-12,15,20H,7-10H2,1-2H3,(H,18,21). The number of carbonyl (C=O) groups excluding carboxylic acids is 1. The minimum absolute atomic E-state index is 0.161. The lowest BCUT2D eigenvalue weighted by atomic mass is 9.96. The van der Waals surface area contributed by atoms with E-state index in [1.807, 2.05) is 13.8 Å². The minimum Gasteiger partial charge on any atom is -0.391 e. The fourth-order valence-electron chi connectivity index (χ4n) is 2.58. The van der Waals surface area contributed by atoms with Gasteiger partial charge in [0.05, 0.1) is 6.10 Å². The average Bonchev–Trinajstić information content (AvgIpc) is 2.44. The van der Waals surface area contributed by atoms with Gasteiger partial charge < -0.3 is 15.3 Å². The maximum atomic E-state index is 13.6. The molecule has 116 valence electrons. The first-order valence-corrected chi connectivity index (χ1v) is 7.44. The summed E-state index contributed by atoms with van der Waals surface area (Å²) in [5, 5.41) is 12.7. The third-order valence-electron chi connectivity index (χ3n) is 4.06. The molecule has 1 saturated heterocycles. The molecule has 2 rings (SSSR count). The van der Waals surface area contributed by atoms with Gasteiger partial charge in [-0.15, -0.1) is 0 Å². The number of piperidine rings is 1. The van der Waals surface area contributed by atoms with Gasteiger partial charge in [0, 0.05) is 19.1 Å². The second-order valence-corrected chi connectivity index (χ2v) is 5.93. The van der Waals surface area contributed by atoms with Gasteiger partial charge in [0.25, 0.3) is 0 Å². The molecule has 4 nitrogen and oxygen atoms in total. The summed E-state index contributed by atoms with van der Waals surface area (Å²) in [6, 6.07) is 6.24. The minimum atomic E-state index is -0.466. The van der Waals surface area contributed by atoms with Crippen LogP contribution in [0.2, 0.25) is 0 Å². The molecule has 0 bridgehead atoms. The van der Waals surface area contributed by atoms with Crippen molar-refractivity contribution < 1.29 is 14.3 Å². The molecule has 1 aromatic rings. The molecular formula is C16H23FN2O2. The van der Waals surface area contributed by atoms with Crippen molar-refractivity contribution in [3.63, 3.8) is 0 Å². The molecule has 1 aromatic carbocycles. The Hall–Kier alpha value is -1.62. The molecule has 3 atom stereocenters. The first-order valence-electron chi connectivity index (χ1n) is 7.44. The van der Waals surface area contributed by atoms with E-state index in [9.17, 15) is 14.3 Å². The number of carbonyl (C=O) groups is 1. The Kier molecular flexibility index (Phi) is 5.17. The van der Waals surface area contributed by atoms with E-state index < -0.39 is 6.10 Å². The van der Waals surface area contributed by atoms with Crippen LogP contribution in [0.4, 0.5) is 9.18 Å². The van der Waals surface area contributed by atoms with Gasteiger partial charge in [0.15, 0.2) is 0 Å². The lowest BCUT2D eigenvalue weighted by molar-refractivity contribution is 0.0431. The summed E-state index contributed by atoms with van der Waals surface area (Å²) in [6.07, 6.45) is 0.785. The summed E-state index contributed by atoms with van der Waals surface area (Å²) in [5.41, 5.74) is 0.595. The molecule has 1 aliphatic heterocycles. The molecule has 0 saturated carbocycles. The number of β-amino-alcohol motifs (C(OH)–C–C–N with tert-alkyl or cyclic N) is 1. The number of aliphatic hydroxyl groups is 1. The molecule has 0 aromatic heterocycles. The SMILES string of the molecule is CC(Cc1ccccc1F)NC(=O)N1CCC(C)C(O)C1. The molecule has 3 unspecified atom stereocenters. The van der Waals surface area contributed by atoms with Crippen LogP contribution in [0.3, 0.4) is 0 Å². The molecule has 0 aliphatic carbocycles. The Morgan fingerprint density at radius 1 is 1.52 bits per heavy atom. The summed E-state index contributed by atoms with van der Waals surface area (Å²) in [4.78, 5) is 13.8. The van der Waals surface area contributed by atoms with Gasteiger partial charge >= 0.3 is 6.03 Å². The van der Waals surface area contributed by atoms with Crippen molar-refractivity contribution in [1.82, 2.24) is 10.2 Å². The topological polar surface area (TPSA) is 52.6 Å². The zero-order valence-electron chi connectivity index (χ0n) is 12.6.